The molecule has 3 heterocycles. The van der Waals surface area contributed by atoms with E-state index in [9.17, 15) is 0 Å². The smallest absolute Gasteiger partial charge is 0.138 e. The van der Waals surface area contributed by atoms with Gasteiger partial charge in [0.15, 0.2) is 0 Å². The van der Waals surface area contributed by atoms with Gasteiger partial charge in [-0.15, -0.1) is 0 Å². The summed E-state index contributed by atoms with van der Waals surface area (Å²) in [5.41, 5.74) is 2.22. The highest BCUT2D eigenvalue weighted by Gasteiger charge is 2.21. The van der Waals surface area contributed by atoms with E-state index in [1.54, 1.807) is 0 Å². The van der Waals surface area contributed by atoms with Gasteiger partial charge in [0.25, 0.3) is 0 Å². The van der Waals surface area contributed by atoms with Gasteiger partial charge in [-0.2, -0.15) is 0 Å². The molecule has 4 heteroatoms. The quantitative estimate of drug-likeness (QED) is 0.849. The summed E-state index contributed by atoms with van der Waals surface area (Å²) in [4.78, 5) is 7.12. The topological polar surface area (TPSA) is 20.5 Å². The summed E-state index contributed by atoms with van der Waals surface area (Å²) in [6.07, 6.45) is 7.88. The number of halogens is 1. The van der Waals surface area contributed by atoms with Crippen LogP contribution in [-0.2, 0) is 6.42 Å². The van der Waals surface area contributed by atoms with Gasteiger partial charge in [-0.3, -0.25) is 0 Å². The fourth-order valence-electron chi connectivity index (χ4n) is 2.59. The molecule has 1 aliphatic heterocycles. The Morgan fingerprint density at radius 2 is 2.41 bits per heavy atom. The Bertz CT molecular complexity index is 534. The van der Waals surface area contributed by atoms with Crippen LogP contribution in [0.1, 0.15) is 18.5 Å². The van der Waals surface area contributed by atoms with Crippen LogP contribution >= 0.6 is 15.9 Å². The Labute approximate surface area is 110 Å². The molecule has 0 radical (unpaired) electrons. The third-order valence-electron chi connectivity index (χ3n) is 3.59. The first-order valence-electron chi connectivity index (χ1n) is 6.06. The van der Waals surface area contributed by atoms with Crippen molar-refractivity contribution >= 4 is 21.6 Å². The molecule has 2 aromatic rings. The minimum Gasteiger partial charge on any atom is -0.307 e. The van der Waals surface area contributed by atoms with E-state index >= 15 is 0 Å². The summed E-state index contributed by atoms with van der Waals surface area (Å²) in [6.45, 7) is 1.23. The lowest BCUT2D eigenvalue weighted by molar-refractivity contribution is 0.308. The predicted octanol–water partition coefficient (Wildman–Crippen LogP) is 2.73. The van der Waals surface area contributed by atoms with Crippen molar-refractivity contribution in [1.29, 1.82) is 0 Å². The largest absolute Gasteiger partial charge is 0.307 e. The molecule has 0 saturated carbocycles. The number of rotatable bonds is 2. The van der Waals surface area contributed by atoms with E-state index in [0.717, 1.165) is 16.5 Å². The molecular formula is C13H16BrN3. The molecule has 1 atom stereocenters. The Hall–Kier alpha value is -0.870. The first-order chi connectivity index (χ1) is 8.22. The standard InChI is InChI=1S/C13H16BrN3/c1-16-5-2-3-12(16)8-11-9-17-6-4-10(14)7-13(17)15-11/h4,6-7,9,12H,2-3,5,8H2,1H3. The molecule has 0 aliphatic carbocycles. The molecule has 0 N–H and O–H groups in total. The van der Waals surface area contributed by atoms with Gasteiger partial charge in [0.2, 0.25) is 0 Å². The van der Waals surface area contributed by atoms with Gasteiger partial charge in [-0.1, -0.05) is 15.9 Å². The van der Waals surface area contributed by atoms with Crippen LogP contribution in [0.3, 0.4) is 0 Å². The minimum atomic E-state index is 0.670. The molecule has 17 heavy (non-hydrogen) atoms. The van der Waals surface area contributed by atoms with Crippen molar-refractivity contribution < 1.29 is 0 Å². The van der Waals surface area contributed by atoms with Crippen molar-refractivity contribution in [3.8, 4) is 0 Å². The summed E-state index contributed by atoms with van der Waals surface area (Å²) < 4.78 is 3.18. The summed E-state index contributed by atoms with van der Waals surface area (Å²) >= 11 is 3.48. The molecule has 1 saturated heterocycles. The molecule has 1 fully saturated rings. The number of hydrogen-bond donors (Lipinski definition) is 0. The first-order valence-corrected chi connectivity index (χ1v) is 6.85. The van der Waals surface area contributed by atoms with Crippen molar-refractivity contribution in [3.05, 3.63) is 34.7 Å². The SMILES string of the molecule is CN1CCCC1Cc1cn2ccc(Br)cc2n1. The molecule has 90 valence electrons. The summed E-state index contributed by atoms with van der Waals surface area (Å²) in [6, 6.07) is 4.77. The zero-order chi connectivity index (χ0) is 11.8. The average Bonchev–Trinajstić information content (AvgIpc) is 2.85. The van der Waals surface area contributed by atoms with Crippen molar-refractivity contribution in [1.82, 2.24) is 14.3 Å². The highest BCUT2D eigenvalue weighted by molar-refractivity contribution is 9.10. The monoisotopic (exact) mass is 293 g/mol. The number of nitrogens with zero attached hydrogens (tertiary/aromatic N) is 3. The maximum atomic E-state index is 4.68. The Kier molecular flexibility index (Phi) is 2.92. The average molecular weight is 294 g/mol. The van der Waals surface area contributed by atoms with Gasteiger partial charge >= 0.3 is 0 Å². The van der Waals surface area contributed by atoms with Gasteiger partial charge in [-0.05, 0) is 38.6 Å². The normalized spacial score (nSPS) is 21.4. The maximum Gasteiger partial charge on any atom is 0.138 e. The molecule has 0 amide bonds. The van der Waals surface area contributed by atoms with Gasteiger partial charge in [0.1, 0.15) is 5.65 Å². The van der Waals surface area contributed by atoms with E-state index in [-0.39, 0.29) is 0 Å². The molecule has 2 aromatic heterocycles. The fourth-order valence-corrected chi connectivity index (χ4v) is 2.91. The van der Waals surface area contributed by atoms with Crippen LogP contribution in [-0.4, -0.2) is 33.9 Å². The van der Waals surface area contributed by atoms with E-state index < -0.39 is 0 Å². The van der Waals surface area contributed by atoms with E-state index in [2.05, 4.69) is 49.5 Å². The molecule has 0 bridgehead atoms. The van der Waals surface area contributed by atoms with Crippen LogP contribution in [0.2, 0.25) is 0 Å². The van der Waals surface area contributed by atoms with Crippen LogP contribution in [0.4, 0.5) is 0 Å². The molecule has 1 unspecified atom stereocenters. The van der Waals surface area contributed by atoms with E-state index in [1.165, 1.54) is 25.1 Å². The summed E-state index contributed by atoms with van der Waals surface area (Å²) in [5.74, 6) is 0. The number of hydrogen-bond acceptors (Lipinski definition) is 2. The lowest BCUT2D eigenvalue weighted by Gasteiger charge is -2.17. The first kappa shape index (κ1) is 11.2. The highest BCUT2D eigenvalue weighted by Crippen LogP contribution is 2.20. The van der Waals surface area contributed by atoms with Gasteiger partial charge < -0.3 is 9.30 Å². The zero-order valence-corrected chi connectivity index (χ0v) is 11.5. The van der Waals surface area contributed by atoms with Crippen molar-refractivity contribution in [2.45, 2.75) is 25.3 Å². The van der Waals surface area contributed by atoms with E-state index in [4.69, 9.17) is 0 Å². The summed E-state index contributed by atoms with van der Waals surface area (Å²) in [7, 11) is 2.21. The lowest BCUT2D eigenvalue weighted by atomic mass is 10.1. The molecule has 0 aromatic carbocycles. The second-order valence-electron chi connectivity index (χ2n) is 4.82. The van der Waals surface area contributed by atoms with Gasteiger partial charge in [-0.25, -0.2) is 4.98 Å². The molecule has 3 rings (SSSR count). The fraction of sp³-hybridized carbons (Fsp3) is 0.462. The number of likely N-dealkylation sites (tertiary alicyclic amines) is 1. The lowest BCUT2D eigenvalue weighted by Crippen LogP contribution is -2.26. The van der Waals surface area contributed by atoms with E-state index in [0.29, 0.717) is 6.04 Å². The number of pyridine rings is 1. The molecule has 1 aliphatic rings. The summed E-state index contributed by atoms with van der Waals surface area (Å²) in [5, 5.41) is 0. The van der Waals surface area contributed by atoms with Crippen molar-refractivity contribution in [2.75, 3.05) is 13.6 Å². The Balaban J connectivity index is 1.85. The maximum absolute atomic E-state index is 4.68. The number of fused-ring (bicyclic) bond motifs is 1. The van der Waals surface area contributed by atoms with Crippen LogP contribution in [0.15, 0.2) is 29.0 Å². The second kappa shape index (κ2) is 4.42. The van der Waals surface area contributed by atoms with Crippen molar-refractivity contribution in [2.24, 2.45) is 0 Å². The minimum absolute atomic E-state index is 0.670. The molecular weight excluding hydrogens is 278 g/mol. The van der Waals surface area contributed by atoms with Gasteiger partial charge in [0, 0.05) is 29.3 Å². The number of aromatic nitrogens is 2. The van der Waals surface area contributed by atoms with Crippen LogP contribution in [0, 0.1) is 0 Å². The third kappa shape index (κ3) is 2.24. The van der Waals surface area contributed by atoms with Gasteiger partial charge in [0.05, 0.1) is 5.69 Å². The zero-order valence-electron chi connectivity index (χ0n) is 9.93. The van der Waals surface area contributed by atoms with E-state index in [1.807, 2.05) is 12.3 Å². The number of imidazole rings is 1. The molecule has 0 spiro atoms. The predicted molar refractivity (Wildman–Crippen MR) is 72.2 cm³/mol. The highest BCUT2D eigenvalue weighted by atomic mass is 79.9. The third-order valence-corrected chi connectivity index (χ3v) is 4.08. The number of likely N-dealkylation sites (N-methyl/N-ethyl adjacent to an activating group) is 1. The van der Waals surface area contributed by atoms with Crippen LogP contribution < -0.4 is 0 Å². The van der Waals surface area contributed by atoms with Crippen LogP contribution in [0.25, 0.3) is 5.65 Å². The molecule has 3 nitrogen and oxygen atoms in total. The Morgan fingerprint density at radius 1 is 1.53 bits per heavy atom. The van der Waals surface area contributed by atoms with Crippen molar-refractivity contribution in [3.63, 3.8) is 0 Å². The Morgan fingerprint density at radius 3 is 3.18 bits per heavy atom. The second-order valence-corrected chi connectivity index (χ2v) is 5.74. The van der Waals surface area contributed by atoms with Crippen LogP contribution in [0.5, 0.6) is 0 Å².